The molecule has 2 N–H and O–H groups in total. The predicted molar refractivity (Wildman–Crippen MR) is 70.3 cm³/mol. The Hall–Kier alpha value is -1.55. The van der Waals surface area contributed by atoms with Crippen molar-refractivity contribution in [1.29, 1.82) is 0 Å². The SMILES string of the molecule is CC(=O)c1c(C)[nH]c(-c2ccc(Br)cc2)c1O. The molecule has 0 saturated heterocycles. The number of benzene rings is 1. The topological polar surface area (TPSA) is 53.1 Å². The van der Waals surface area contributed by atoms with Crippen LogP contribution >= 0.6 is 15.9 Å². The number of Topliss-reactive ketones (excluding diaryl/α,β-unsaturated/α-hetero) is 1. The number of H-pyrrole nitrogens is 1. The van der Waals surface area contributed by atoms with Gasteiger partial charge in [-0.05, 0) is 26.0 Å². The van der Waals surface area contributed by atoms with Gasteiger partial charge in [0.2, 0.25) is 0 Å². The zero-order valence-electron chi connectivity index (χ0n) is 9.54. The summed E-state index contributed by atoms with van der Waals surface area (Å²) in [6, 6.07) is 7.52. The highest BCUT2D eigenvalue weighted by Gasteiger charge is 2.18. The number of aromatic nitrogens is 1. The fourth-order valence-corrected chi connectivity index (χ4v) is 2.13. The number of carbonyl (C=O) groups excluding carboxylic acids is 1. The third-order valence-electron chi connectivity index (χ3n) is 2.65. The second-order valence-electron chi connectivity index (χ2n) is 3.91. The lowest BCUT2D eigenvalue weighted by molar-refractivity contribution is 0.101. The maximum atomic E-state index is 11.4. The van der Waals surface area contributed by atoms with Crippen LogP contribution in [0.5, 0.6) is 5.75 Å². The third kappa shape index (κ3) is 2.13. The van der Waals surface area contributed by atoms with Gasteiger partial charge in [-0.15, -0.1) is 0 Å². The molecule has 17 heavy (non-hydrogen) atoms. The number of hydrogen-bond acceptors (Lipinski definition) is 2. The average molecular weight is 294 g/mol. The molecule has 88 valence electrons. The van der Waals surface area contributed by atoms with Crippen LogP contribution in [0.25, 0.3) is 11.3 Å². The van der Waals surface area contributed by atoms with Crippen LogP contribution in [-0.4, -0.2) is 15.9 Å². The van der Waals surface area contributed by atoms with E-state index in [1.54, 1.807) is 6.92 Å². The molecule has 0 aliphatic heterocycles. The molecular weight excluding hydrogens is 282 g/mol. The number of aryl methyl sites for hydroxylation is 1. The third-order valence-corrected chi connectivity index (χ3v) is 3.17. The highest BCUT2D eigenvalue weighted by molar-refractivity contribution is 9.10. The van der Waals surface area contributed by atoms with Crippen molar-refractivity contribution in [2.45, 2.75) is 13.8 Å². The zero-order valence-corrected chi connectivity index (χ0v) is 11.1. The molecule has 0 unspecified atom stereocenters. The van der Waals surface area contributed by atoms with E-state index >= 15 is 0 Å². The van der Waals surface area contributed by atoms with E-state index in [2.05, 4.69) is 20.9 Å². The standard InChI is InChI=1S/C13H12BrNO2/c1-7-11(8(2)16)13(17)12(15-7)9-3-5-10(14)6-4-9/h3-6,15,17H,1-2H3. The Morgan fingerprint density at radius 1 is 1.29 bits per heavy atom. The molecule has 2 rings (SSSR count). The largest absolute Gasteiger partial charge is 0.505 e. The Morgan fingerprint density at radius 3 is 2.35 bits per heavy atom. The lowest BCUT2D eigenvalue weighted by atomic mass is 10.1. The summed E-state index contributed by atoms with van der Waals surface area (Å²) in [5.74, 6) is -0.114. The zero-order chi connectivity index (χ0) is 12.6. The summed E-state index contributed by atoms with van der Waals surface area (Å²) in [6.45, 7) is 3.22. The molecule has 0 aliphatic rings. The van der Waals surface area contributed by atoms with Crippen molar-refractivity contribution in [2.24, 2.45) is 0 Å². The Kier molecular flexibility index (Phi) is 3.07. The Morgan fingerprint density at radius 2 is 1.88 bits per heavy atom. The number of nitrogens with one attached hydrogen (secondary N) is 1. The van der Waals surface area contributed by atoms with Crippen LogP contribution in [0, 0.1) is 6.92 Å². The van der Waals surface area contributed by atoms with E-state index in [1.165, 1.54) is 6.92 Å². The first-order valence-corrected chi connectivity index (χ1v) is 5.98. The van der Waals surface area contributed by atoms with Crippen LogP contribution < -0.4 is 0 Å². The minimum atomic E-state index is -0.139. The molecular formula is C13H12BrNO2. The molecule has 0 radical (unpaired) electrons. The van der Waals surface area contributed by atoms with Crippen molar-refractivity contribution >= 4 is 21.7 Å². The molecule has 0 fully saturated rings. The highest BCUT2D eigenvalue weighted by Crippen LogP contribution is 2.34. The fraction of sp³-hybridized carbons (Fsp3) is 0.154. The van der Waals surface area contributed by atoms with Gasteiger partial charge >= 0.3 is 0 Å². The average Bonchev–Trinajstić information content (AvgIpc) is 2.55. The van der Waals surface area contributed by atoms with Gasteiger partial charge in [0.25, 0.3) is 0 Å². The van der Waals surface area contributed by atoms with Gasteiger partial charge in [-0.3, -0.25) is 4.79 Å². The summed E-state index contributed by atoms with van der Waals surface area (Å²) in [7, 11) is 0. The second-order valence-corrected chi connectivity index (χ2v) is 4.83. The van der Waals surface area contributed by atoms with Crippen LogP contribution in [0.1, 0.15) is 23.0 Å². The number of hydrogen-bond donors (Lipinski definition) is 2. The smallest absolute Gasteiger partial charge is 0.165 e. The van der Waals surface area contributed by atoms with Crippen molar-refractivity contribution in [3.05, 3.63) is 40.0 Å². The molecule has 3 nitrogen and oxygen atoms in total. The van der Waals surface area contributed by atoms with Crippen LogP contribution in [-0.2, 0) is 0 Å². The molecule has 2 aromatic rings. The molecule has 1 heterocycles. The molecule has 0 saturated carbocycles. The van der Waals surface area contributed by atoms with Crippen molar-refractivity contribution in [3.63, 3.8) is 0 Å². The molecule has 0 amide bonds. The maximum Gasteiger partial charge on any atom is 0.165 e. The van der Waals surface area contributed by atoms with Gasteiger partial charge in [0, 0.05) is 15.7 Å². The van der Waals surface area contributed by atoms with Crippen LogP contribution in [0.2, 0.25) is 0 Å². The Bertz CT molecular complexity index is 570. The summed E-state index contributed by atoms with van der Waals surface area (Å²) in [5, 5.41) is 10.0. The van der Waals surface area contributed by atoms with E-state index in [-0.39, 0.29) is 11.5 Å². The summed E-state index contributed by atoms with van der Waals surface area (Å²) >= 11 is 3.35. The first kappa shape index (κ1) is 11.9. The van der Waals surface area contributed by atoms with E-state index in [4.69, 9.17) is 0 Å². The van der Waals surface area contributed by atoms with Gasteiger partial charge in [0.15, 0.2) is 11.5 Å². The first-order valence-electron chi connectivity index (χ1n) is 5.19. The molecule has 0 atom stereocenters. The lowest BCUT2D eigenvalue weighted by Crippen LogP contribution is -1.92. The quantitative estimate of drug-likeness (QED) is 0.830. The molecule has 0 spiro atoms. The van der Waals surface area contributed by atoms with Crippen LogP contribution in [0.4, 0.5) is 0 Å². The van der Waals surface area contributed by atoms with Crippen molar-refractivity contribution in [1.82, 2.24) is 4.98 Å². The molecule has 1 aromatic heterocycles. The van der Waals surface area contributed by atoms with E-state index in [9.17, 15) is 9.90 Å². The van der Waals surface area contributed by atoms with Gasteiger partial charge in [-0.25, -0.2) is 0 Å². The van der Waals surface area contributed by atoms with Crippen LogP contribution in [0.15, 0.2) is 28.7 Å². The molecule has 0 aliphatic carbocycles. The number of rotatable bonds is 2. The predicted octanol–water partition coefficient (Wildman–Crippen LogP) is 3.66. The van der Waals surface area contributed by atoms with E-state index in [0.29, 0.717) is 17.0 Å². The number of aromatic amines is 1. The lowest BCUT2D eigenvalue weighted by Gasteiger charge is -2.00. The van der Waals surface area contributed by atoms with E-state index in [1.807, 2.05) is 24.3 Å². The van der Waals surface area contributed by atoms with Crippen molar-refractivity contribution in [2.75, 3.05) is 0 Å². The van der Waals surface area contributed by atoms with Gasteiger partial charge in [0.05, 0.1) is 11.3 Å². The normalized spacial score (nSPS) is 10.5. The fourth-order valence-electron chi connectivity index (χ4n) is 1.87. The van der Waals surface area contributed by atoms with Gasteiger partial charge in [-0.2, -0.15) is 0 Å². The minimum absolute atomic E-state index is 0.0253. The highest BCUT2D eigenvalue weighted by atomic mass is 79.9. The van der Waals surface area contributed by atoms with Crippen molar-refractivity contribution < 1.29 is 9.90 Å². The van der Waals surface area contributed by atoms with Gasteiger partial charge in [0.1, 0.15) is 0 Å². The Labute approximate surface area is 108 Å². The molecule has 4 heteroatoms. The summed E-state index contributed by atoms with van der Waals surface area (Å²) in [4.78, 5) is 14.4. The summed E-state index contributed by atoms with van der Waals surface area (Å²) in [6.07, 6.45) is 0. The molecule has 0 bridgehead atoms. The number of carbonyl (C=O) groups is 1. The van der Waals surface area contributed by atoms with Crippen LogP contribution in [0.3, 0.4) is 0 Å². The van der Waals surface area contributed by atoms with Gasteiger partial charge in [-0.1, -0.05) is 28.1 Å². The summed E-state index contributed by atoms with van der Waals surface area (Å²) < 4.78 is 0.968. The second kappa shape index (κ2) is 4.37. The Balaban J connectivity index is 2.57. The van der Waals surface area contributed by atoms with E-state index in [0.717, 1.165) is 10.0 Å². The van der Waals surface area contributed by atoms with E-state index < -0.39 is 0 Å². The monoisotopic (exact) mass is 293 g/mol. The van der Waals surface area contributed by atoms with Gasteiger partial charge < -0.3 is 10.1 Å². The first-order chi connectivity index (χ1) is 8.00. The number of aromatic hydroxyl groups is 1. The minimum Gasteiger partial charge on any atom is -0.505 e. The molecule has 1 aromatic carbocycles. The number of ketones is 1. The number of halogens is 1. The van der Waals surface area contributed by atoms with Crippen molar-refractivity contribution in [3.8, 4) is 17.0 Å². The maximum absolute atomic E-state index is 11.4. The summed E-state index contributed by atoms with van der Waals surface area (Å²) in [5.41, 5.74) is 2.48.